The highest BCUT2D eigenvalue weighted by Gasteiger charge is 2.29. The highest BCUT2D eigenvalue weighted by Crippen LogP contribution is 2.42. The van der Waals surface area contributed by atoms with E-state index in [0.29, 0.717) is 11.8 Å². The van der Waals surface area contributed by atoms with Gasteiger partial charge in [0.05, 0.1) is 0 Å². The van der Waals surface area contributed by atoms with Crippen LogP contribution >= 0.6 is 24.8 Å². The summed E-state index contributed by atoms with van der Waals surface area (Å²) in [6.45, 7) is 21.2. The average Bonchev–Trinajstić information content (AvgIpc) is 2.51. The summed E-state index contributed by atoms with van der Waals surface area (Å²) < 4.78 is 0. The number of hydrogen-bond acceptors (Lipinski definition) is 3. The van der Waals surface area contributed by atoms with Crippen LogP contribution < -0.4 is 5.32 Å². The van der Waals surface area contributed by atoms with Crippen LogP contribution in [-0.2, 0) is 10.8 Å². The Labute approximate surface area is 178 Å². The summed E-state index contributed by atoms with van der Waals surface area (Å²) in [5.74, 6) is 0.460. The molecule has 0 radical (unpaired) electrons. The van der Waals surface area contributed by atoms with Gasteiger partial charge >= 0.3 is 0 Å². The number of halogens is 2. The number of rotatable bonds is 4. The van der Waals surface area contributed by atoms with Crippen LogP contribution in [0.2, 0.25) is 0 Å². The molecule has 2 N–H and O–H groups in total. The number of nitrogens with zero attached hydrogens (tertiary/aromatic N) is 1. The van der Waals surface area contributed by atoms with Crippen molar-refractivity contribution < 1.29 is 5.11 Å². The highest BCUT2D eigenvalue weighted by molar-refractivity contribution is 5.85. The van der Waals surface area contributed by atoms with Gasteiger partial charge in [-0.05, 0) is 46.1 Å². The molecule has 156 valence electrons. The molecule has 0 spiro atoms. The largest absolute Gasteiger partial charge is 0.507 e. The zero-order chi connectivity index (χ0) is 18.8. The summed E-state index contributed by atoms with van der Waals surface area (Å²) in [6.07, 6.45) is 2.95. The summed E-state index contributed by atoms with van der Waals surface area (Å²) >= 11 is 0. The minimum absolute atomic E-state index is 0. The molecule has 27 heavy (non-hydrogen) atoms. The second kappa shape index (κ2) is 10.2. The van der Waals surface area contributed by atoms with Gasteiger partial charge in [0.15, 0.2) is 0 Å². The number of phenolic OH excluding ortho intramolecular Hbond substituents is 1. The van der Waals surface area contributed by atoms with E-state index in [0.717, 1.165) is 43.7 Å². The predicted octanol–water partition coefficient (Wildman–Crippen LogP) is 5.35. The van der Waals surface area contributed by atoms with Gasteiger partial charge in [-0.3, -0.25) is 4.90 Å². The fourth-order valence-electron chi connectivity index (χ4n) is 3.64. The smallest absolute Gasteiger partial charge is 0.123 e. The summed E-state index contributed by atoms with van der Waals surface area (Å²) in [6, 6.07) is 4.77. The molecule has 1 saturated heterocycles. The van der Waals surface area contributed by atoms with Crippen LogP contribution in [0.25, 0.3) is 0 Å². The van der Waals surface area contributed by atoms with Crippen LogP contribution in [0.4, 0.5) is 0 Å². The lowest BCUT2D eigenvalue weighted by atomic mass is 9.77. The molecule has 0 bridgehead atoms. The van der Waals surface area contributed by atoms with E-state index in [9.17, 15) is 5.11 Å². The van der Waals surface area contributed by atoms with E-state index in [1.165, 1.54) is 5.56 Å². The maximum absolute atomic E-state index is 11.0. The third-order valence-corrected chi connectivity index (χ3v) is 5.12. The molecule has 1 aliphatic rings. The van der Waals surface area contributed by atoms with E-state index >= 15 is 0 Å². The molecule has 3 nitrogen and oxygen atoms in total. The number of piperazine rings is 1. The molecular weight excluding hydrogens is 379 g/mol. The summed E-state index contributed by atoms with van der Waals surface area (Å²) in [5.41, 5.74) is 3.19. The number of phenols is 1. The van der Waals surface area contributed by atoms with Gasteiger partial charge in [0, 0.05) is 32.2 Å². The maximum Gasteiger partial charge on any atom is 0.123 e. The van der Waals surface area contributed by atoms with Crippen molar-refractivity contribution in [3.05, 3.63) is 41.5 Å². The van der Waals surface area contributed by atoms with Gasteiger partial charge in [-0.25, -0.2) is 0 Å². The first-order valence-corrected chi connectivity index (χ1v) is 9.49. The molecule has 1 aliphatic heterocycles. The Hall–Kier alpha value is -0.740. The van der Waals surface area contributed by atoms with Gasteiger partial charge in [0.2, 0.25) is 0 Å². The Bertz CT molecular complexity index is 577. The topological polar surface area (TPSA) is 35.5 Å². The molecule has 0 amide bonds. The standard InChI is InChI=1S/C22H36N2O.2ClH/c1-8-9-19(24-12-10-23-11-13-24)16-14-17(21(2,3)4)20(25)18(15-16)22(5,6)7;;/h8,14-15,19,23,25H,1,9-13H2,2-7H3;2*1H/t19-;;/m1../s1. The Morgan fingerprint density at radius 1 is 1.04 bits per heavy atom. The summed E-state index contributed by atoms with van der Waals surface area (Å²) in [5, 5.41) is 14.4. The first-order valence-electron chi connectivity index (χ1n) is 9.49. The summed E-state index contributed by atoms with van der Waals surface area (Å²) in [4.78, 5) is 2.55. The predicted molar refractivity (Wildman–Crippen MR) is 122 cm³/mol. The molecule has 1 aromatic carbocycles. The van der Waals surface area contributed by atoms with E-state index in [2.05, 4.69) is 70.5 Å². The van der Waals surface area contributed by atoms with Crippen LogP contribution in [0.1, 0.15) is 70.7 Å². The molecule has 1 fully saturated rings. The van der Waals surface area contributed by atoms with Gasteiger partial charge in [-0.1, -0.05) is 47.6 Å². The molecule has 0 aliphatic carbocycles. The maximum atomic E-state index is 11.0. The minimum Gasteiger partial charge on any atom is -0.507 e. The van der Waals surface area contributed by atoms with Gasteiger partial charge in [-0.15, -0.1) is 31.4 Å². The Morgan fingerprint density at radius 3 is 1.85 bits per heavy atom. The molecule has 5 heteroatoms. The monoisotopic (exact) mass is 416 g/mol. The van der Waals surface area contributed by atoms with Gasteiger partial charge in [-0.2, -0.15) is 0 Å². The first kappa shape index (κ1) is 26.3. The lowest BCUT2D eigenvalue weighted by Gasteiger charge is -2.36. The van der Waals surface area contributed by atoms with Crippen LogP contribution in [0.5, 0.6) is 5.75 Å². The molecule has 0 saturated carbocycles. The molecular formula is C22H38Cl2N2O. The zero-order valence-corrected chi connectivity index (χ0v) is 19.4. The number of hydrogen-bond donors (Lipinski definition) is 2. The third-order valence-electron chi connectivity index (χ3n) is 5.12. The minimum atomic E-state index is -0.0950. The quantitative estimate of drug-likeness (QED) is 0.648. The highest BCUT2D eigenvalue weighted by atomic mass is 35.5. The van der Waals surface area contributed by atoms with Crippen molar-refractivity contribution in [2.24, 2.45) is 0 Å². The Kier molecular flexibility index (Phi) is 9.88. The third kappa shape index (κ3) is 6.39. The van der Waals surface area contributed by atoms with Crippen molar-refractivity contribution in [2.45, 2.75) is 64.8 Å². The van der Waals surface area contributed by atoms with Crippen LogP contribution in [0, 0.1) is 0 Å². The molecule has 0 unspecified atom stereocenters. The molecule has 1 aromatic rings. The van der Waals surface area contributed by atoms with E-state index in [1.54, 1.807) is 0 Å². The molecule has 0 aromatic heterocycles. The van der Waals surface area contributed by atoms with E-state index in [-0.39, 0.29) is 35.6 Å². The van der Waals surface area contributed by atoms with Gasteiger partial charge in [0.25, 0.3) is 0 Å². The number of aromatic hydroxyl groups is 1. The van der Waals surface area contributed by atoms with E-state index in [4.69, 9.17) is 0 Å². The van der Waals surface area contributed by atoms with Gasteiger partial charge in [0.1, 0.15) is 5.75 Å². The van der Waals surface area contributed by atoms with Crippen molar-refractivity contribution in [2.75, 3.05) is 26.2 Å². The van der Waals surface area contributed by atoms with Crippen molar-refractivity contribution in [1.29, 1.82) is 0 Å². The normalized spacial score (nSPS) is 16.8. The van der Waals surface area contributed by atoms with Crippen molar-refractivity contribution in [3.8, 4) is 5.75 Å². The SMILES string of the molecule is C=CC[C@H](c1cc(C(C)(C)C)c(O)c(C(C)(C)C)c1)N1CCNCC1.Cl.Cl. The lowest BCUT2D eigenvalue weighted by molar-refractivity contribution is 0.174. The van der Waals surface area contributed by atoms with Crippen molar-refractivity contribution in [3.63, 3.8) is 0 Å². The fraction of sp³-hybridized carbons (Fsp3) is 0.636. The lowest BCUT2D eigenvalue weighted by Crippen LogP contribution is -2.45. The van der Waals surface area contributed by atoms with Gasteiger partial charge < -0.3 is 10.4 Å². The van der Waals surface area contributed by atoms with Crippen LogP contribution in [-0.4, -0.2) is 36.2 Å². The first-order chi connectivity index (χ1) is 11.6. The van der Waals surface area contributed by atoms with E-state index < -0.39 is 0 Å². The van der Waals surface area contributed by atoms with Crippen LogP contribution in [0.3, 0.4) is 0 Å². The Balaban J connectivity index is 0.00000338. The van der Waals surface area contributed by atoms with Crippen molar-refractivity contribution in [1.82, 2.24) is 10.2 Å². The molecule has 1 heterocycles. The number of nitrogens with one attached hydrogen (secondary N) is 1. The Morgan fingerprint density at radius 2 is 1.48 bits per heavy atom. The number of benzene rings is 1. The average molecular weight is 417 g/mol. The molecule has 1 atom stereocenters. The fourth-order valence-corrected chi connectivity index (χ4v) is 3.64. The second-order valence-electron chi connectivity index (χ2n) is 9.29. The second-order valence-corrected chi connectivity index (χ2v) is 9.29. The van der Waals surface area contributed by atoms with E-state index in [1.807, 2.05) is 6.08 Å². The molecule has 2 rings (SSSR count). The zero-order valence-electron chi connectivity index (χ0n) is 17.8. The van der Waals surface area contributed by atoms with Crippen molar-refractivity contribution >= 4 is 24.8 Å². The summed E-state index contributed by atoms with van der Waals surface area (Å²) in [7, 11) is 0. The van der Waals surface area contributed by atoms with Crippen LogP contribution in [0.15, 0.2) is 24.8 Å².